The number of hydrogen-bond acceptors (Lipinski definition) is 4. The summed E-state index contributed by atoms with van der Waals surface area (Å²) in [6.07, 6.45) is 1.45. The molecular weight excluding hydrogens is 216 g/mol. The monoisotopic (exact) mass is 238 g/mol. The lowest BCUT2D eigenvalue weighted by Gasteiger charge is -2.16. The number of nitrogens with one attached hydrogen (secondary N) is 1. The van der Waals surface area contributed by atoms with Crippen molar-refractivity contribution in [3.63, 3.8) is 0 Å². The van der Waals surface area contributed by atoms with Crippen molar-refractivity contribution in [1.29, 1.82) is 0 Å². The highest BCUT2D eigenvalue weighted by Gasteiger charge is 2.24. The Balaban J connectivity index is 2.03. The van der Waals surface area contributed by atoms with Crippen LogP contribution in [0.5, 0.6) is 0 Å². The fourth-order valence-electron chi connectivity index (χ4n) is 2.28. The Hall–Kier alpha value is -1.23. The molecule has 96 valence electrons. The molecule has 1 aromatic heterocycles. The lowest BCUT2D eigenvalue weighted by molar-refractivity contribution is 0.108. The van der Waals surface area contributed by atoms with Crippen LogP contribution in [-0.2, 0) is 11.3 Å². The molecule has 2 atom stereocenters. The second-order valence-electron chi connectivity index (χ2n) is 4.67. The first-order valence-electron chi connectivity index (χ1n) is 6.31. The highest BCUT2D eigenvalue weighted by Crippen LogP contribution is 2.25. The number of nitrogens with zero attached hydrogens (tertiary/aromatic N) is 2. The summed E-state index contributed by atoms with van der Waals surface area (Å²) in [5.74, 6) is 1.51. The van der Waals surface area contributed by atoms with Crippen molar-refractivity contribution in [2.24, 2.45) is 5.92 Å². The summed E-state index contributed by atoms with van der Waals surface area (Å²) in [4.78, 5) is 0. The summed E-state index contributed by atoms with van der Waals surface area (Å²) in [5, 5.41) is 7.81. The van der Waals surface area contributed by atoms with Crippen molar-refractivity contribution in [2.45, 2.75) is 39.8 Å². The summed E-state index contributed by atoms with van der Waals surface area (Å²) in [6.45, 7) is 8.74. The molecule has 5 heteroatoms. The molecule has 2 heterocycles. The highest BCUT2D eigenvalue weighted by atomic mass is 16.5. The molecule has 0 amide bonds. The predicted molar refractivity (Wildman–Crippen MR) is 69.1 cm³/mol. The average molecular weight is 238 g/mol. The van der Waals surface area contributed by atoms with E-state index in [0.29, 0.717) is 12.0 Å². The van der Waals surface area contributed by atoms with Gasteiger partial charge in [0.05, 0.1) is 17.5 Å². The predicted octanol–water partition coefficient (Wildman–Crippen LogP) is 1.63. The van der Waals surface area contributed by atoms with Crippen LogP contribution in [0.2, 0.25) is 0 Å². The van der Waals surface area contributed by atoms with Crippen molar-refractivity contribution in [2.75, 3.05) is 24.2 Å². The van der Waals surface area contributed by atoms with Gasteiger partial charge in [0.1, 0.15) is 5.82 Å². The van der Waals surface area contributed by atoms with E-state index in [0.717, 1.165) is 43.3 Å². The van der Waals surface area contributed by atoms with Gasteiger partial charge in [-0.15, -0.1) is 0 Å². The van der Waals surface area contributed by atoms with Gasteiger partial charge in [-0.3, -0.25) is 0 Å². The Bertz CT molecular complexity index is 388. The molecular formula is C12H22N4O. The molecule has 1 aliphatic heterocycles. The molecule has 0 spiro atoms. The van der Waals surface area contributed by atoms with E-state index in [1.165, 1.54) is 0 Å². The lowest BCUT2D eigenvalue weighted by Crippen LogP contribution is -2.22. The first kappa shape index (κ1) is 12.2. The third kappa shape index (κ3) is 2.39. The normalized spacial score (nSPS) is 24.2. The Kier molecular flexibility index (Phi) is 3.57. The van der Waals surface area contributed by atoms with Crippen molar-refractivity contribution in [3.8, 4) is 0 Å². The van der Waals surface area contributed by atoms with E-state index < -0.39 is 0 Å². The number of hydrogen-bond donors (Lipinski definition) is 2. The van der Waals surface area contributed by atoms with Crippen LogP contribution in [-0.4, -0.2) is 29.0 Å². The minimum atomic E-state index is 0.336. The van der Waals surface area contributed by atoms with Crippen LogP contribution in [0.3, 0.4) is 0 Å². The molecule has 2 unspecified atom stereocenters. The van der Waals surface area contributed by atoms with Gasteiger partial charge in [0.15, 0.2) is 0 Å². The fraction of sp³-hybridized carbons (Fsp3) is 0.750. The van der Waals surface area contributed by atoms with Gasteiger partial charge in [0, 0.05) is 25.6 Å². The minimum absolute atomic E-state index is 0.336. The number of rotatable bonds is 4. The Morgan fingerprint density at radius 2 is 2.35 bits per heavy atom. The average Bonchev–Trinajstić information content (AvgIpc) is 2.83. The molecule has 1 saturated heterocycles. The van der Waals surface area contributed by atoms with E-state index in [9.17, 15) is 0 Å². The van der Waals surface area contributed by atoms with Crippen LogP contribution < -0.4 is 11.1 Å². The molecule has 0 aromatic carbocycles. The molecule has 0 radical (unpaired) electrons. The van der Waals surface area contributed by atoms with E-state index in [1.54, 1.807) is 0 Å². The van der Waals surface area contributed by atoms with E-state index in [-0.39, 0.29) is 0 Å². The zero-order valence-electron chi connectivity index (χ0n) is 10.9. The smallest absolute Gasteiger partial charge is 0.148 e. The summed E-state index contributed by atoms with van der Waals surface area (Å²) >= 11 is 0. The van der Waals surface area contributed by atoms with Crippen LogP contribution in [0.25, 0.3) is 0 Å². The number of nitrogen functional groups attached to an aromatic ring is 1. The molecule has 2 rings (SSSR count). The van der Waals surface area contributed by atoms with Gasteiger partial charge in [-0.2, -0.15) is 5.10 Å². The van der Waals surface area contributed by atoms with Gasteiger partial charge < -0.3 is 15.8 Å². The van der Waals surface area contributed by atoms with Gasteiger partial charge >= 0.3 is 0 Å². The Morgan fingerprint density at radius 1 is 1.59 bits per heavy atom. The fourth-order valence-corrected chi connectivity index (χ4v) is 2.28. The number of ether oxygens (including phenoxy) is 1. The van der Waals surface area contributed by atoms with Crippen LogP contribution in [0.4, 0.5) is 11.5 Å². The molecule has 1 aliphatic rings. The van der Waals surface area contributed by atoms with E-state index in [1.807, 2.05) is 11.6 Å². The highest BCUT2D eigenvalue weighted by molar-refractivity contribution is 5.64. The minimum Gasteiger partial charge on any atom is -0.394 e. The van der Waals surface area contributed by atoms with Crippen LogP contribution in [0.15, 0.2) is 0 Å². The molecule has 1 fully saturated rings. The second kappa shape index (κ2) is 4.96. The largest absolute Gasteiger partial charge is 0.394 e. The van der Waals surface area contributed by atoms with Gasteiger partial charge in [-0.1, -0.05) is 0 Å². The van der Waals surface area contributed by atoms with E-state index in [4.69, 9.17) is 10.5 Å². The van der Waals surface area contributed by atoms with Gasteiger partial charge in [-0.05, 0) is 27.2 Å². The molecule has 3 N–H and O–H groups in total. The zero-order valence-corrected chi connectivity index (χ0v) is 10.9. The SMILES string of the molecule is CCn1nc(C)c(N)c1NCC1CCOC1C. The molecule has 0 aliphatic carbocycles. The summed E-state index contributed by atoms with van der Waals surface area (Å²) in [6, 6.07) is 0. The van der Waals surface area contributed by atoms with E-state index in [2.05, 4.69) is 24.3 Å². The molecule has 1 aromatic rings. The number of aromatic nitrogens is 2. The van der Waals surface area contributed by atoms with Crippen molar-refractivity contribution in [1.82, 2.24) is 9.78 Å². The molecule has 0 bridgehead atoms. The van der Waals surface area contributed by atoms with Crippen molar-refractivity contribution in [3.05, 3.63) is 5.69 Å². The van der Waals surface area contributed by atoms with Gasteiger partial charge in [0.2, 0.25) is 0 Å². The zero-order chi connectivity index (χ0) is 12.4. The summed E-state index contributed by atoms with van der Waals surface area (Å²) in [7, 11) is 0. The van der Waals surface area contributed by atoms with Crippen molar-refractivity contribution < 1.29 is 4.74 Å². The quantitative estimate of drug-likeness (QED) is 0.836. The third-order valence-electron chi connectivity index (χ3n) is 3.54. The maximum absolute atomic E-state index is 6.02. The van der Waals surface area contributed by atoms with Crippen LogP contribution in [0, 0.1) is 12.8 Å². The molecule has 0 saturated carbocycles. The topological polar surface area (TPSA) is 65.1 Å². The third-order valence-corrected chi connectivity index (χ3v) is 3.54. The first-order chi connectivity index (χ1) is 8.13. The van der Waals surface area contributed by atoms with E-state index >= 15 is 0 Å². The molecule has 5 nitrogen and oxygen atoms in total. The van der Waals surface area contributed by atoms with Gasteiger partial charge in [-0.25, -0.2) is 4.68 Å². The molecule has 17 heavy (non-hydrogen) atoms. The maximum atomic E-state index is 6.02. The van der Waals surface area contributed by atoms with Gasteiger partial charge in [0.25, 0.3) is 0 Å². The van der Waals surface area contributed by atoms with Crippen LogP contribution >= 0.6 is 0 Å². The Labute approximate surface area is 102 Å². The number of nitrogens with two attached hydrogens (primary N) is 1. The maximum Gasteiger partial charge on any atom is 0.148 e. The number of aryl methyl sites for hydroxylation is 2. The summed E-state index contributed by atoms with van der Waals surface area (Å²) in [5.41, 5.74) is 7.68. The van der Waals surface area contributed by atoms with Crippen molar-refractivity contribution >= 4 is 11.5 Å². The standard InChI is InChI=1S/C12H22N4O/c1-4-16-12(11(13)8(2)15-16)14-7-10-5-6-17-9(10)3/h9-10,14H,4-7,13H2,1-3H3. The second-order valence-corrected chi connectivity index (χ2v) is 4.67. The lowest BCUT2D eigenvalue weighted by atomic mass is 10.0. The number of anilines is 2. The van der Waals surface area contributed by atoms with Crippen LogP contribution in [0.1, 0.15) is 26.0 Å². The Morgan fingerprint density at radius 3 is 2.94 bits per heavy atom. The summed E-state index contributed by atoms with van der Waals surface area (Å²) < 4.78 is 7.47. The first-order valence-corrected chi connectivity index (χ1v) is 6.31.